The van der Waals surface area contributed by atoms with Gasteiger partial charge in [-0.3, -0.25) is 69.6 Å². The molecule has 2 amide bonds. The van der Waals surface area contributed by atoms with Crippen LogP contribution < -0.4 is 30.8 Å². The second-order valence-electron chi connectivity index (χ2n) is 31.2. The highest BCUT2D eigenvalue weighted by molar-refractivity contribution is 8.08. The first-order valence-electron chi connectivity index (χ1n) is 41.8. The van der Waals surface area contributed by atoms with Gasteiger partial charge in [0.2, 0.25) is 5.95 Å². The molecule has 21 rings (SSSR count). The van der Waals surface area contributed by atoms with Crippen LogP contribution in [0.25, 0.3) is 44.7 Å². The van der Waals surface area contributed by atoms with Gasteiger partial charge in [-0.05, 0) is 98.3 Å². The van der Waals surface area contributed by atoms with Crippen molar-refractivity contribution in [3.05, 3.63) is 220 Å². The van der Waals surface area contributed by atoms with Crippen LogP contribution in [0.5, 0.6) is 11.5 Å². The summed E-state index contributed by atoms with van der Waals surface area (Å²) in [6, 6.07) is 31.4. The van der Waals surface area contributed by atoms with E-state index in [2.05, 4.69) is 88.6 Å². The van der Waals surface area contributed by atoms with E-state index in [-0.39, 0.29) is 98.7 Å². The van der Waals surface area contributed by atoms with Crippen LogP contribution in [0, 0.1) is 6.92 Å². The van der Waals surface area contributed by atoms with E-state index in [1.54, 1.807) is 145 Å². The number of aromatic nitrogens is 16. The van der Waals surface area contributed by atoms with Crippen molar-refractivity contribution in [1.29, 1.82) is 0 Å². The minimum Gasteiger partial charge on any atom is -0.423 e. The third kappa shape index (κ3) is 21.6. The molecule has 8 aromatic heterocycles. The van der Waals surface area contributed by atoms with Crippen molar-refractivity contribution in [2.24, 2.45) is 4.99 Å². The Labute approximate surface area is 808 Å². The topological polar surface area (TPSA) is 515 Å². The number of anilines is 2. The summed E-state index contributed by atoms with van der Waals surface area (Å²) in [5.74, 6) is 1.07. The number of nitrogens with one attached hydrogen (secondary N) is 4. The van der Waals surface area contributed by atoms with Gasteiger partial charge in [-0.15, -0.1) is 13.2 Å². The molecule has 137 heavy (non-hydrogen) atoms. The van der Waals surface area contributed by atoms with Crippen molar-refractivity contribution in [3.8, 4) is 11.5 Å². The highest BCUT2D eigenvalue weighted by Crippen LogP contribution is 2.62. The number of aliphatic hydroxyl groups is 3. The largest absolute Gasteiger partial charge is 0.423 e. The Hall–Kier alpha value is -9.41. The van der Waals surface area contributed by atoms with Gasteiger partial charge in [0.05, 0.1) is 81.3 Å². The van der Waals surface area contributed by atoms with E-state index in [4.69, 9.17) is 153 Å². The van der Waals surface area contributed by atoms with E-state index < -0.39 is 137 Å². The zero-order chi connectivity index (χ0) is 94.9. The fraction of sp³-hybridized carbons (Fsp3) is 0.378. The summed E-state index contributed by atoms with van der Waals surface area (Å²) in [7, 11) is 3.58. The number of imidazole rings is 4. The van der Waals surface area contributed by atoms with Crippen LogP contribution in [0.4, 0.5) is 17.6 Å². The fourth-order valence-electron chi connectivity index (χ4n) is 15.5. The van der Waals surface area contributed by atoms with Crippen LogP contribution in [0.15, 0.2) is 187 Å². The highest BCUT2D eigenvalue weighted by atomic mass is 35.5. The Morgan fingerprint density at radius 1 is 0.533 bits per heavy atom. The number of halogens is 2. The maximum atomic E-state index is 12.9. The normalized spacial score (nSPS) is 29.7. The molecule has 45 nitrogen and oxygen atoms in total. The van der Waals surface area contributed by atoms with Crippen molar-refractivity contribution < 1.29 is 108 Å². The number of aryl methyl sites for hydroxylation is 1. The number of nitrogens with zero attached hydrogens (tertiary/aromatic N) is 16. The molecule has 0 radical (unpaired) electrons. The number of fused-ring (bicyclic) bond motifs is 8. The van der Waals surface area contributed by atoms with Gasteiger partial charge >= 0.3 is 26.9 Å². The van der Waals surface area contributed by atoms with Gasteiger partial charge in [-0.2, -0.15) is 4.98 Å². The molecule has 7 N–H and O–H groups in total. The molecule has 21 atom stereocenters. The molecule has 0 aliphatic carbocycles. The second kappa shape index (κ2) is 42.6. The molecular formula is C82H88Cl2N20O25P4S4. The number of amides is 2. The van der Waals surface area contributed by atoms with Gasteiger partial charge in [0.25, 0.3) is 22.9 Å². The van der Waals surface area contributed by atoms with Gasteiger partial charge in [-0.1, -0.05) is 103 Å². The molecule has 0 bridgehead atoms. The smallest absolute Gasteiger partial charge is 0.381 e. The molecule has 17 heterocycles. The van der Waals surface area contributed by atoms with Crippen LogP contribution in [-0.2, 0) is 121 Å². The van der Waals surface area contributed by atoms with E-state index in [9.17, 15) is 34.5 Å². The van der Waals surface area contributed by atoms with Crippen LogP contribution in [-0.4, -0.2) is 256 Å². The van der Waals surface area contributed by atoms with Crippen molar-refractivity contribution in [1.82, 2.24) is 83.0 Å². The van der Waals surface area contributed by atoms with Crippen LogP contribution >= 0.6 is 50.1 Å². The minimum absolute atomic E-state index is 0. The van der Waals surface area contributed by atoms with Gasteiger partial charge in [0.1, 0.15) is 103 Å². The SMILES string of the molecule is C.C=CCOP1(=S)OC[C@H]2O[C@@H](n3cnc4c(=O)[nH]c(C)nc43)C(O)C2O1.C=CCOP1(=S)OC[C@H]2O[C@@H](n3cnc4c(=O)[nH]c(N=CN(C)C)nc43)C(O)C2O1.O=C(Nc1ncnc2c1ncn2[C@@H]1O[C@@H]2COP(=S)(Oc3ccccc3Cl)OC2C1O)c1ccccc1.O=C(Nc1ncnc2c1ncn2[C@@H]1O[C@@H]2COP(=S)(Oc3ccccc3Cl)OC2C1OC1CCCCO1)c1ccccc1. The number of rotatable bonds is 22. The average Bonchev–Trinajstić information content (AvgIpc) is 1.61. The standard InChI is InChI=1S/C28H27ClN5O7PS.C23H19ClN5O6PS.C16H21N6O6PS.C14H17N4O6PS.CH4/c29-18-10-4-5-11-19(18)40-42(43)37-14-20-23(41-42)24(39-21-12-6-7-13-36-21)28(38-20)34-16-32-22-25(30-15-31-26(22)34)33-27(35)17-8-2-1-3-9-17;24-14-8-4-5-9-15(14)34-36(37)32-10-16-19(35-36)18(30)23(33-16)29-12-27-17-20(25-11-26-21(17)29)28-22(31)13-6-2-1-3-7-13;1-4-5-25-29(30)26-6-9-12(28-29)11(23)15(27-9)22-8-17-10-13(22)19-16(20-14(10)24)18-7-21(2)3;1-3-4-21-25(26)22-5-8-11(24-25)10(19)14(23-8)18-6-15-9-12(18)16-7(2)17-13(9)20;/h1-5,8-11,15-16,20-21,23-24,28H,6-7,12-14H2,(H,30,31,33,35);1-9,11-12,16,18-19,23,30H,10H2,(H,25,26,28,31);4,7-9,11-12,15,23H,1,5-6H2,2-3H3,(H,19,20,24);3,6,8,10-11,14,19H,1,4-5H2,2H3,(H,16,17,20);1H4/t20-,21?,23?,24?,28-,42?;16-,18?,19?,23-,36?;9-,11?,12?,15-,29?;8-,10?,11?,14-,25?;/m1111./s1. The summed E-state index contributed by atoms with van der Waals surface area (Å²) >= 11 is 34.4. The zero-order valence-corrected chi connectivity index (χ0v) is 79.9. The number of hydrogen-bond acceptors (Lipinski definition) is 40. The third-order valence-electron chi connectivity index (χ3n) is 21.8. The summed E-state index contributed by atoms with van der Waals surface area (Å²) in [5.41, 5.74) is 2.47. The lowest BCUT2D eigenvalue weighted by atomic mass is 10.1. The molecule has 12 aromatic rings. The molecule has 9 aliphatic heterocycles. The number of carbonyl (C=O) groups is 2. The summed E-state index contributed by atoms with van der Waals surface area (Å²) in [5, 5.41) is 39.1. The first-order valence-corrected chi connectivity index (χ1v) is 52.8. The first kappa shape index (κ1) is 99.2. The summed E-state index contributed by atoms with van der Waals surface area (Å²) in [4.78, 5) is 104. The molecule has 9 aliphatic rings. The number of hydrogen-bond donors (Lipinski definition) is 7. The Balaban J connectivity index is 0.000000128. The van der Waals surface area contributed by atoms with E-state index >= 15 is 0 Å². The number of ether oxygens (including phenoxy) is 6. The summed E-state index contributed by atoms with van der Waals surface area (Å²) in [6.45, 7) is -2.38. The number of para-hydroxylation sites is 2. The number of benzene rings is 4. The predicted octanol–water partition coefficient (Wildman–Crippen LogP) is 10.6. The van der Waals surface area contributed by atoms with E-state index in [0.29, 0.717) is 73.1 Å². The Bertz CT molecular complexity index is 6820. The highest BCUT2D eigenvalue weighted by Gasteiger charge is 2.58. The monoisotopic (exact) mass is 2070 g/mol. The summed E-state index contributed by atoms with van der Waals surface area (Å²) in [6.07, 6.45) is 2.73. The zero-order valence-electron chi connectivity index (χ0n) is 71.5. The molecule has 9 fully saturated rings. The van der Waals surface area contributed by atoms with Gasteiger partial charge in [0.15, 0.2) is 87.5 Å². The molecule has 55 heteroatoms. The number of carbonyl (C=O) groups excluding carboxylic acids is 2. The minimum atomic E-state index is -3.28. The number of aliphatic imine (C=N–C) groups is 1. The first-order chi connectivity index (χ1) is 65.6. The molecular weight excluding hydrogens is 1990 g/mol. The Kier molecular flexibility index (Phi) is 30.8. The summed E-state index contributed by atoms with van der Waals surface area (Å²) < 4.78 is 112. The lowest BCUT2D eigenvalue weighted by Gasteiger charge is -2.36. The molecule has 0 saturated carbocycles. The van der Waals surface area contributed by atoms with Crippen molar-refractivity contribution in [2.45, 2.75) is 138 Å². The molecule has 0 spiro atoms. The molecule has 724 valence electrons. The molecule has 13 unspecified atom stereocenters. The van der Waals surface area contributed by atoms with Crippen molar-refractivity contribution in [3.63, 3.8) is 0 Å². The number of aromatic amines is 2. The lowest BCUT2D eigenvalue weighted by molar-refractivity contribution is -0.213. The van der Waals surface area contributed by atoms with E-state index in [1.165, 1.54) is 53.2 Å². The van der Waals surface area contributed by atoms with Gasteiger partial charge in [0, 0.05) is 55.4 Å². The maximum absolute atomic E-state index is 12.9. The van der Waals surface area contributed by atoms with Crippen molar-refractivity contribution >= 4 is 178 Å². The average molecular weight is 2080 g/mol. The van der Waals surface area contributed by atoms with E-state index in [1.807, 2.05) is 12.1 Å². The van der Waals surface area contributed by atoms with E-state index in [0.717, 1.165) is 19.3 Å². The lowest BCUT2D eigenvalue weighted by Crippen LogP contribution is -2.43. The number of aliphatic hydroxyl groups excluding tert-OH is 3. The molecule has 4 aromatic carbocycles. The predicted molar refractivity (Wildman–Crippen MR) is 508 cm³/mol. The van der Waals surface area contributed by atoms with Crippen molar-refractivity contribution in [2.75, 3.05) is 71.0 Å². The van der Waals surface area contributed by atoms with Gasteiger partial charge < -0.3 is 91.4 Å². The quantitative estimate of drug-likeness (QED) is 0.0143. The molecule has 9 saturated heterocycles. The number of H-pyrrole nitrogens is 2. The van der Waals surface area contributed by atoms with Crippen LogP contribution in [0.2, 0.25) is 10.0 Å². The van der Waals surface area contributed by atoms with Gasteiger partial charge in [-0.25, -0.2) is 49.8 Å². The Morgan fingerprint density at radius 2 is 0.934 bits per heavy atom. The fourth-order valence-corrected chi connectivity index (χ4v) is 24.4. The van der Waals surface area contributed by atoms with Crippen LogP contribution in [0.3, 0.4) is 0 Å². The van der Waals surface area contributed by atoms with Crippen LogP contribution in [0.1, 0.15) is 78.1 Å². The third-order valence-corrected chi connectivity index (χ3v) is 31.4. The maximum Gasteiger partial charge on any atom is 0.381 e. The Morgan fingerprint density at radius 3 is 1.39 bits per heavy atom. The second-order valence-corrected chi connectivity index (χ2v) is 43.7.